The molecule has 1 heterocycles. The van der Waals surface area contributed by atoms with E-state index in [4.69, 9.17) is 0 Å². The van der Waals surface area contributed by atoms with E-state index in [2.05, 4.69) is 20.6 Å². The van der Waals surface area contributed by atoms with Crippen LogP contribution < -0.4 is 10.6 Å². The molecule has 0 atom stereocenters. The highest BCUT2D eigenvalue weighted by molar-refractivity contribution is 8.00. The van der Waals surface area contributed by atoms with E-state index in [-0.39, 0.29) is 22.2 Å². The van der Waals surface area contributed by atoms with Crippen molar-refractivity contribution in [3.8, 4) is 0 Å². The van der Waals surface area contributed by atoms with E-state index in [1.807, 2.05) is 26.8 Å². The number of rotatable bonds is 5. The second kappa shape index (κ2) is 6.98. The first kappa shape index (κ1) is 18.8. The van der Waals surface area contributed by atoms with E-state index in [9.17, 15) is 13.2 Å². The molecule has 26 heavy (non-hydrogen) atoms. The van der Waals surface area contributed by atoms with Crippen LogP contribution in [0.15, 0.2) is 35.2 Å². The van der Waals surface area contributed by atoms with Crippen LogP contribution in [0, 0.1) is 0 Å². The minimum atomic E-state index is -4.31. The lowest BCUT2D eigenvalue weighted by molar-refractivity contribution is -0.0328. The molecule has 4 nitrogen and oxygen atoms in total. The van der Waals surface area contributed by atoms with Gasteiger partial charge in [0.05, 0.1) is 5.69 Å². The summed E-state index contributed by atoms with van der Waals surface area (Å²) in [4.78, 5) is 9.17. The largest absolute Gasteiger partial charge is 0.446 e. The fourth-order valence-electron chi connectivity index (χ4n) is 2.43. The maximum absolute atomic E-state index is 12.6. The molecule has 0 aliphatic heterocycles. The number of nitrogens with zero attached hydrogens (tertiary/aromatic N) is 2. The molecule has 0 spiro atoms. The fourth-order valence-corrected chi connectivity index (χ4v) is 3.03. The molecule has 0 radical (unpaired) electrons. The summed E-state index contributed by atoms with van der Waals surface area (Å²) >= 11 is -0.131. The summed E-state index contributed by atoms with van der Waals surface area (Å²) in [5.74, 6) is 1.53. The molecule has 140 valence electrons. The van der Waals surface area contributed by atoms with Crippen molar-refractivity contribution in [2.75, 3.05) is 10.6 Å². The predicted molar refractivity (Wildman–Crippen MR) is 99.0 cm³/mol. The molecule has 1 aliphatic carbocycles. The molecule has 1 saturated carbocycles. The molecule has 1 aromatic heterocycles. The normalized spacial score (nSPS) is 15.0. The smallest absolute Gasteiger partial charge is 0.350 e. The fraction of sp³-hybridized carbons (Fsp3) is 0.444. The number of benzene rings is 1. The van der Waals surface area contributed by atoms with Crippen LogP contribution in [-0.2, 0) is 0 Å². The van der Waals surface area contributed by atoms with Crippen LogP contribution in [0.1, 0.15) is 45.2 Å². The first-order valence-corrected chi connectivity index (χ1v) is 9.19. The van der Waals surface area contributed by atoms with Crippen LogP contribution in [0.3, 0.4) is 0 Å². The van der Waals surface area contributed by atoms with Gasteiger partial charge in [0.25, 0.3) is 0 Å². The van der Waals surface area contributed by atoms with Gasteiger partial charge >= 0.3 is 5.51 Å². The van der Waals surface area contributed by atoms with Gasteiger partial charge in [-0.2, -0.15) is 18.2 Å². The molecule has 8 heteroatoms. The summed E-state index contributed by atoms with van der Waals surface area (Å²) in [5, 5.41) is 6.37. The maximum Gasteiger partial charge on any atom is 0.446 e. The third-order valence-electron chi connectivity index (χ3n) is 3.57. The summed E-state index contributed by atoms with van der Waals surface area (Å²) in [6.45, 7) is 6.06. The molecule has 0 saturated heterocycles. The van der Waals surface area contributed by atoms with Crippen molar-refractivity contribution in [2.24, 2.45) is 0 Å². The van der Waals surface area contributed by atoms with E-state index in [1.165, 1.54) is 12.1 Å². The van der Waals surface area contributed by atoms with Crippen molar-refractivity contribution in [1.29, 1.82) is 0 Å². The van der Waals surface area contributed by atoms with Crippen molar-refractivity contribution in [3.05, 3.63) is 36.0 Å². The summed E-state index contributed by atoms with van der Waals surface area (Å²) in [6, 6.07) is 8.08. The van der Waals surface area contributed by atoms with E-state index >= 15 is 0 Å². The Morgan fingerprint density at radius 2 is 1.81 bits per heavy atom. The van der Waals surface area contributed by atoms with Gasteiger partial charge in [0.1, 0.15) is 5.82 Å². The highest BCUT2D eigenvalue weighted by Crippen LogP contribution is 2.41. The molecule has 0 unspecified atom stereocenters. The number of nitrogens with one attached hydrogen (secondary N) is 2. The van der Waals surface area contributed by atoms with Gasteiger partial charge in [-0.15, -0.1) is 0 Å². The lowest BCUT2D eigenvalue weighted by atomic mass is 10.1. The van der Waals surface area contributed by atoms with Gasteiger partial charge in [-0.1, -0.05) is 6.07 Å². The number of anilines is 3. The Bertz CT molecular complexity index is 783. The van der Waals surface area contributed by atoms with Gasteiger partial charge in [0.15, 0.2) is 0 Å². The Hall–Kier alpha value is -1.96. The SMILES string of the molecule is CC(C)(C)Nc1nc(Nc2cccc(SC(F)(F)F)c2)cc(C2CC2)n1. The van der Waals surface area contributed by atoms with Crippen LogP contribution in [0.25, 0.3) is 0 Å². The van der Waals surface area contributed by atoms with Crippen molar-refractivity contribution < 1.29 is 13.2 Å². The van der Waals surface area contributed by atoms with E-state index in [1.54, 1.807) is 12.1 Å². The number of hydrogen-bond donors (Lipinski definition) is 2. The Morgan fingerprint density at radius 1 is 1.08 bits per heavy atom. The van der Waals surface area contributed by atoms with Gasteiger partial charge in [-0.25, -0.2) is 4.98 Å². The van der Waals surface area contributed by atoms with Crippen LogP contribution in [0.2, 0.25) is 0 Å². The second-order valence-corrected chi connectivity index (χ2v) is 8.49. The highest BCUT2D eigenvalue weighted by atomic mass is 32.2. The zero-order valence-electron chi connectivity index (χ0n) is 14.8. The minimum absolute atomic E-state index is 0.131. The number of thioether (sulfide) groups is 1. The Labute approximate surface area is 155 Å². The molecule has 1 fully saturated rings. The van der Waals surface area contributed by atoms with Gasteiger partial charge in [-0.05, 0) is 63.6 Å². The lowest BCUT2D eigenvalue weighted by Crippen LogP contribution is -2.27. The number of hydrogen-bond acceptors (Lipinski definition) is 5. The quantitative estimate of drug-likeness (QED) is 0.629. The maximum atomic E-state index is 12.6. The Morgan fingerprint density at radius 3 is 2.42 bits per heavy atom. The molecular formula is C18H21F3N4S. The molecule has 0 bridgehead atoms. The molecule has 0 amide bonds. The van der Waals surface area contributed by atoms with Gasteiger partial charge in [0.2, 0.25) is 5.95 Å². The minimum Gasteiger partial charge on any atom is -0.350 e. The third-order valence-corrected chi connectivity index (χ3v) is 4.29. The van der Waals surface area contributed by atoms with E-state index in [0.29, 0.717) is 23.4 Å². The number of alkyl halides is 3. The summed E-state index contributed by atoms with van der Waals surface area (Å²) < 4.78 is 37.7. The zero-order valence-corrected chi connectivity index (χ0v) is 15.6. The molecular weight excluding hydrogens is 361 g/mol. The topological polar surface area (TPSA) is 49.8 Å². The standard InChI is InChI=1S/C18H21F3N4S/c1-17(2,3)25-16-23-14(11-7-8-11)10-15(24-16)22-12-5-4-6-13(9-12)26-18(19,20)21/h4-6,9-11H,7-8H2,1-3H3,(H2,22,23,24,25). The van der Waals surface area contributed by atoms with Crippen LogP contribution >= 0.6 is 11.8 Å². The second-order valence-electron chi connectivity index (χ2n) is 7.35. The van der Waals surface area contributed by atoms with Crippen LogP contribution in [0.5, 0.6) is 0 Å². The van der Waals surface area contributed by atoms with Gasteiger partial charge < -0.3 is 10.6 Å². The Kier molecular flexibility index (Phi) is 5.05. The Balaban J connectivity index is 1.83. The average Bonchev–Trinajstić information content (AvgIpc) is 3.28. The van der Waals surface area contributed by atoms with Crippen molar-refractivity contribution in [1.82, 2.24) is 9.97 Å². The molecule has 3 rings (SSSR count). The predicted octanol–water partition coefficient (Wildman–Crippen LogP) is 5.92. The van der Waals surface area contributed by atoms with Gasteiger partial charge in [0, 0.05) is 28.1 Å². The van der Waals surface area contributed by atoms with Crippen molar-refractivity contribution >= 4 is 29.2 Å². The average molecular weight is 382 g/mol. The summed E-state index contributed by atoms with van der Waals surface area (Å²) in [7, 11) is 0. The molecule has 2 N–H and O–H groups in total. The number of halogens is 3. The number of aromatic nitrogens is 2. The van der Waals surface area contributed by atoms with E-state index < -0.39 is 5.51 Å². The van der Waals surface area contributed by atoms with Gasteiger partial charge in [-0.3, -0.25) is 0 Å². The molecule has 1 aromatic carbocycles. The van der Waals surface area contributed by atoms with Crippen LogP contribution in [0.4, 0.5) is 30.6 Å². The lowest BCUT2D eigenvalue weighted by Gasteiger charge is -2.21. The van der Waals surface area contributed by atoms with Crippen LogP contribution in [-0.4, -0.2) is 21.0 Å². The zero-order chi connectivity index (χ0) is 18.9. The molecule has 1 aliphatic rings. The monoisotopic (exact) mass is 382 g/mol. The summed E-state index contributed by atoms with van der Waals surface area (Å²) in [6.07, 6.45) is 2.20. The van der Waals surface area contributed by atoms with Crippen molar-refractivity contribution in [3.63, 3.8) is 0 Å². The first-order valence-electron chi connectivity index (χ1n) is 8.37. The van der Waals surface area contributed by atoms with Crippen molar-refractivity contribution in [2.45, 2.75) is 55.5 Å². The first-order chi connectivity index (χ1) is 12.1. The third kappa shape index (κ3) is 5.79. The van der Waals surface area contributed by atoms with E-state index in [0.717, 1.165) is 18.5 Å². The summed E-state index contributed by atoms with van der Waals surface area (Å²) in [5.41, 5.74) is -2.99. The highest BCUT2D eigenvalue weighted by Gasteiger charge is 2.29. The molecule has 2 aromatic rings.